The maximum atomic E-state index is 3.53. The highest BCUT2D eigenvalue weighted by Crippen LogP contribution is 2.48. The van der Waals surface area contributed by atoms with E-state index in [9.17, 15) is 0 Å². The van der Waals surface area contributed by atoms with Crippen molar-refractivity contribution in [2.75, 3.05) is 16.8 Å². The highest BCUT2D eigenvalue weighted by Gasteiger charge is 2.42. The summed E-state index contributed by atoms with van der Waals surface area (Å²) >= 11 is 3.53. The van der Waals surface area contributed by atoms with Gasteiger partial charge in [-0.05, 0) is 42.2 Å². The van der Waals surface area contributed by atoms with Crippen molar-refractivity contribution >= 4 is 32.4 Å². The van der Waals surface area contributed by atoms with Gasteiger partial charge in [-0.15, -0.1) is 0 Å². The van der Waals surface area contributed by atoms with Gasteiger partial charge in [-0.25, -0.2) is 0 Å². The number of hydrogen-bond donors (Lipinski definition) is 0. The molecule has 0 amide bonds. The van der Waals surface area contributed by atoms with Gasteiger partial charge >= 0.3 is 0 Å². The summed E-state index contributed by atoms with van der Waals surface area (Å²) in [6.45, 7) is 8.37. The number of unbranched alkanes of at least 4 members (excludes halogenated alkanes) is 2. The molecule has 1 atom stereocenters. The number of alkyl halides is 1. The summed E-state index contributed by atoms with van der Waals surface area (Å²) in [5.41, 5.74) is 3.19. The van der Waals surface area contributed by atoms with Crippen molar-refractivity contribution in [3.05, 3.63) is 42.0 Å². The van der Waals surface area contributed by atoms with Gasteiger partial charge in [0.1, 0.15) is 0 Å². The van der Waals surface area contributed by atoms with Crippen molar-refractivity contribution in [2.45, 2.75) is 51.5 Å². The van der Waals surface area contributed by atoms with Gasteiger partial charge in [0.25, 0.3) is 0 Å². The van der Waals surface area contributed by atoms with E-state index in [1.165, 1.54) is 42.3 Å². The van der Waals surface area contributed by atoms with E-state index in [0.717, 1.165) is 5.33 Å². The molecule has 0 saturated heterocycles. The van der Waals surface area contributed by atoms with E-state index in [0.29, 0.717) is 6.04 Å². The lowest BCUT2D eigenvalue weighted by Crippen LogP contribution is -2.39. The first-order valence-corrected chi connectivity index (χ1v) is 9.54. The zero-order chi connectivity index (χ0) is 15.7. The minimum Gasteiger partial charge on any atom is -0.368 e. The molecule has 2 aromatic carbocycles. The molecular weight excluding hydrogens is 334 g/mol. The Morgan fingerprint density at radius 2 is 1.82 bits per heavy atom. The molecule has 2 aromatic rings. The molecule has 0 fully saturated rings. The molecule has 1 unspecified atom stereocenters. The standard InChI is InChI=1S/C20H26BrN/c1-15-20(2,3)19-17-10-6-5-9-16(17)11-12-18(19)22(15)14-8-4-7-13-21/h5-6,9-12,15H,4,7-8,13-14H2,1-3H3. The summed E-state index contributed by atoms with van der Waals surface area (Å²) < 4.78 is 0. The van der Waals surface area contributed by atoms with Gasteiger partial charge < -0.3 is 4.90 Å². The zero-order valence-corrected chi connectivity index (χ0v) is 15.5. The highest BCUT2D eigenvalue weighted by atomic mass is 79.9. The Hall–Kier alpha value is -1.02. The van der Waals surface area contributed by atoms with Crippen LogP contribution in [0.15, 0.2) is 36.4 Å². The van der Waals surface area contributed by atoms with Crippen molar-refractivity contribution in [3.63, 3.8) is 0 Å². The SMILES string of the molecule is CC1N(CCCCCBr)c2ccc3ccccc3c2C1(C)C. The highest BCUT2D eigenvalue weighted by molar-refractivity contribution is 9.09. The van der Waals surface area contributed by atoms with Gasteiger partial charge in [0.05, 0.1) is 0 Å². The second-order valence-electron chi connectivity index (χ2n) is 7.02. The molecule has 3 rings (SSSR count). The molecule has 1 nitrogen and oxygen atoms in total. The van der Waals surface area contributed by atoms with E-state index in [1.807, 2.05) is 0 Å². The summed E-state index contributed by atoms with van der Waals surface area (Å²) in [5.74, 6) is 0. The molecule has 0 saturated carbocycles. The zero-order valence-electron chi connectivity index (χ0n) is 13.9. The van der Waals surface area contributed by atoms with Crippen molar-refractivity contribution in [1.29, 1.82) is 0 Å². The Morgan fingerprint density at radius 1 is 1.05 bits per heavy atom. The van der Waals surface area contributed by atoms with E-state index < -0.39 is 0 Å². The van der Waals surface area contributed by atoms with Crippen LogP contribution in [0.1, 0.15) is 45.6 Å². The topological polar surface area (TPSA) is 3.24 Å². The van der Waals surface area contributed by atoms with Crippen LogP contribution in [0.5, 0.6) is 0 Å². The lowest BCUT2D eigenvalue weighted by Gasteiger charge is -2.31. The summed E-state index contributed by atoms with van der Waals surface area (Å²) in [7, 11) is 0. The summed E-state index contributed by atoms with van der Waals surface area (Å²) in [6.07, 6.45) is 3.85. The van der Waals surface area contributed by atoms with Gasteiger partial charge in [0.2, 0.25) is 0 Å². The number of rotatable bonds is 5. The molecule has 1 aliphatic rings. The van der Waals surface area contributed by atoms with Crippen LogP contribution in [0.2, 0.25) is 0 Å². The van der Waals surface area contributed by atoms with Crippen LogP contribution in [0.25, 0.3) is 10.8 Å². The molecule has 118 valence electrons. The van der Waals surface area contributed by atoms with Gasteiger partial charge in [-0.2, -0.15) is 0 Å². The minimum absolute atomic E-state index is 0.200. The summed E-state index contributed by atoms with van der Waals surface area (Å²) in [5, 5.41) is 3.91. The van der Waals surface area contributed by atoms with Crippen molar-refractivity contribution < 1.29 is 0 Å². The maximum Gasteiger partial charge on any atom is 0.0414 e. The Morgan fingerprint density at radius 3 is 2.59 bits per heavy atom. The van der Waals surface area contributed by atoms with E-state index in [4.69, 9.17) is 0 Å². The predicted octanol–water partition coefficient (Wildman–Crippen LogP) is 5.89. The fraction of sp³-hybridized carbons (Fsp3) is 0.500. The van der Waals surface area contributed by atoms with Crippen LogP contribution in [0.4, 0.5) is 5.69 Å². The number of nitrogens with zero attached hydrogens (tertiary/aromatic N) is 1. The number of halogens is 1. The average molecular weight is 360 g/mol. The second-order valence-corrected chi connectivity index (χ2v) is 7.81. The van der Waals surface area contributed by atoms with E-state index in [-0.39, 0.29) is 5.41 Å². The van der Waals surface area contributed by atoms with Crippen molar-refractivity contribution in [3.8, 4) is 0 Å². The molecule has 0 radical (unpaired) electrons. The predicted molar refractivity (Wildman–Crippen MR) is 101 cm³/mol. The first-order chi connectivity index (χ1) is 10.6. The molecule has 22 heavy (non-hydrogen) atoms. The van der Waals surface area contributed by atoms with Crippen molar-refractivity contribution in [1.82, 2.24) is 0 Å². The van der Waals surface area contributed by atoms with Crippen molar-refractivity contribution in [2.24, 2.45) is 0 Å². The van der Waals surface area contributed by atoms with E-state index >= 15 is 0 Å². The first-order valence-electron chi connectivity index (χ1n) is 8.42. The molecule has 0 aliphatic carbocycles. The third-order valence-corrected chi connectivity index (χ3v) is 5.97. The molecule has 0 N–H and O–H groups in total. The molecule has 0 bridgehead atoms. The Labute approximate surface area is 142 Å². The molecular formula is C20H26BrN. The minimum atomic E-state index is 0.200. The Kier molecular flexibility index (Phi) is 4.49. The molecule has 1 heterocycles. The fourth-order valence-corrected chi connectivity index (χ4v) is 4.25. The fourth-order valence-electron chi connectivity index (χ4n) is 3.85. The van der Waals surface area contributed by atoms with Gasteiger partial charge in [-0.1, -0.05) is 66.5 Å². The number of hydrogen-bond acceptors (Lipinski definition) is 1. The summed E-state index contributed by atoms with van der Waals surface area (Å²) in [4.78, 5) is 2.63. The van der Waals surface area contributed by atoms with Gasteiger partial charge in [0, 0.05) is 29.0 Å². The Balaban J connectivity index is 1.99. The van der Waals surface area contributed by atoms with Crippen LogP contribution in [-0.4, -0.2) is 17.9 Å². The smallest absolute Gasteiger partial charge is 0.0414 e. The van der Waals surface area contributed by atoms with Crippen LogP contribution in [0.3, 0.4) is 0 Å². The van der Waals surface area contributed by atoms with Crippen LogP contribution in [-0.2, 0) is 5.41 Å². The van der Waals surface area contributed by atoms with Crippen LogP contribution in [0, 0.1) is 0 Å². The van der Waals surface area contributed by atoms with Crippen LogP contribution < -0.4 is 4.90 Å². The second kappa shape index (κ2) is 6.23. The maximum absolute atomic E-state index is 3.53. The summed E-state index contributed by atoms with van der Waals surface area (Å²) in [6, 6.07) is 14.0. The van der Waals surface area contributed by atoms with E-state index in [2.05, 4.69) is 78.0 Å². The monoisotopic (exact) mass is 359 g/mol. The third-order valence-electron chi connectivity index (χ3n) is 5.41. The first kappa shape index (κ1) is 15.9. The lowest BCUT2D eigenvalue weighted by molar-refractivity contribution is 0.439. The number of fused-ring (bicyclic) bond motifs is 3. The molecule has 2 heteroatoms. The quantitative estimate of drug-likeness (QED) is 0.475. The normalized spacial score (nSPS) is 19.6. The average Bonchev–Trinajstić information content (AvgIpc) is 2.72. The molecule has 0 aromatic heterocycles. The van der Waals surface area contributed by atoms with Gasteiger partial charge in [0.15, 0.2) is 0 Å². The molecule has 1 aliphatic heterocycles. The number of benzene rings is 2. The largest absolute Gasteiger partial charge is 0.368 e. The Bertz CT molecular complexity index is 662. The number of anilines is 1. The lowest BCUT2D eigenvalue weighted by atomic mass is 9.79. The molecule has 0 spiro atoms. The third kappa shape index (κ3) is 2.56. The van der Waals surface area contributed by atoms with E-state index in [1.54, 1.807) is 5.56 Å². The van der Waals surface area contributed by atoms with Crippen LogP contribution >= 0.6 is 15.9 Å². The van der Waals surface area contributed by atoms with Gasteiger partial charge in [-0.3, -0.25) is 0 Å².